The molecule has 0 N–H and O–H groups in total. The molecule has 3 nitrogen and oxygen atoms in total. The highest BCUT2D eigenvalue weighted by molar-refractivity contribution is 6.88. The molecule has 0 spiro atoms. The lowest BCUT2D eigenvalue weighted by Crippen LogP contribution is -2.49. The fourth-order valence-electron chi connectivity index (χ4n) is 6.10. The molecule has 0 aliphatic carbocycles. The van der Waals surface area contributed by atoms with E-state index < -0.39 is 0 Å². The second-order valence-electron chi connectivity index (χ2n) is 9.64. The van der Waals surface area contributed by atoms with Crippen LogP contribution in [0.4, 0.5) is 17.1 Å². The summed E-state index contributed by atoms with van der Waals surface area (Å²) < 4.78 is 12.4. The second-order valence-corrected chi connectivity index (χ2v) is 9.64. The molecule has 0 saturated heterocycles. The first-order chi connectivity index (χ1) is 17.8. The minimum Gasteiger partial charge on any atom is -0.456 e. The van der Waals surface area contributed by atoms with E-state index in [2.05, 4.69) is 96.8 Å². The normalized spacial score (nSPS) is 13.1. The van der Waals surface area contributed by atoms with E-state index in [9.17, 15) is 0 Å². The van der Waals surface area contributed by atoms with Gasteiger partial charge in [0.2, 0.25) is 6.71 Å². The van der Waals surface area contributed by atoms with Crippen LogP contribution in [0.15, 0.2) is 112 Å². The highest BCUT2D eigenvalue weighted by atomic mass is 16.3. The van der Waals surface area contributed by atoms with Crippen molar-refractivity contribution in [2.75, 3.05) is 4.90 Å². The van der Waals surface area contributed by atoms with Crippen LogP contribution < -0.4 is 15.8 Å². The molecule has 0 radical (unpaired) electrons. The number of rotatable bonds is 2. The zero-order chi connectivity index (χ0) is 23.8. The third-order valence-electron chi connectivity index (χ3n) is 7.72. The summed E-state index contributed by atoms with van der Waals surface area (Å²) in [5.74, 6) is 0. The van der Waals surface area contributed by atoms with Gasteiger partial charge in [-0.1, -0.05) is 73.3 Å². The van der Waals surface area contributed by atoms with Crippen LogP contribution in [0.25, 0.3) is 43.9 Å². The third kappa shape index (κ3) is 2.64. The Morgan fingerprint density at radius 1 is 0.556 bits per heavy atom. The molecule has 4 heteroatoms. The maximum absolute atomic E-state index is 6.30. The number of hydrogen-bond donors (Lipinski definition) is 0. The van der Waals surface area contributed by atoms with Crippen LogP contribution >= 0.6 is 0 Å². The Balaban J connectivity index is 1.45. The van der Waals surface area contributed by atoms with E-state index in [0.29, 0.717) is 6.71 Å². The largest absolute Gasteiger partial charge is 0.456 e. The van der Waals surface area contributed by atoms with Gasteiger partial charge in [-0.05, 0) is 54.0 Å². The van der Waals surface area contributed by atoms with Crippen LogP contribution in [0.1, 0.15) is 6.92 Å². The number of para-hydroxylation sites is 3. The molecular weight excluding hydrogens is 441 g/mol. The first kappa shape index (κ1) is 19.8. The lowest BCUT2D eigenvalue weighted by Gasteiger charge is -2.36. The minimum atomic E-state index is 0.309. The summed E-state index contributed by atoms with van der Waals surface area (Å²) >= 11 is 0. The van der Waals surface area contributed by atoms with Gasteiger partial charge in [0.05, 0.1) is 0 Å². The lowest BCUT2D eigenvalue weighted by molar-refractivity contribution is 0.669. The van der Waals surface area contributed by atoms with Crippen LogP contribution in [0.5, 0.6) is 0 Å². The standard InChI is InChI=1S/C32H22BNO2/c1-2-33-25-11-5-6-12-27(25)34(20-15-16-31-23(17-20)21-9-3-7-13-29(21)35-31)28-18-24-22-10-4-8-14-30(22)36-32(24)19-26(28)33/h3-19H,2H2,1H3. The van der Waals surface area contributed by atoms with Crippen molar-refractivity contribution in [3.63, 3.8) is 0 Å². The van der Waals surface area contributed by atoms with Crippen molar-refractivity contribution in [3.8, 4) is 0 Å². The molecule has 5 aromatic carbocycles. The zero-order valence-corrected chi connectivity index (χ0v) is 19.9. The van der Waals surface area contributed by atoms with Crippen molar-refractivity contribution < 1.29 is 8.83 Å². The van der Waals surface area contributed by atoms with Gasteiger partial charge < -0.3 is 13.7 Å². The molecule has 36 heavy (non-hydrogen) atoms. The summed E-state index contributed by atoms with van der Waals surface area (Å²) in [4.78, 5) is 2.42. The summed E-state index contributed by atoms with van der Waals surface area (Å²) in [7, 11) is 0. The maximum atomic E-state index is 6.30. The lowest BCUT2D eigenvalue weighted by atomic mass is 9.37. The van der Waals surface area contributed by atoms with Crippen molar-refractivity contribution in [1.29, 1.82) is 0 Å². The molecule has 170 valence electrons. The number of hydrogen-bond acceptors (Lipinski definition) is 3. The van der Waals surface area contributed by atoms with Gasteiger partial charge in [-0.25, -0.2) is 0 Å². The van der Waals surface area contributed by atoms with Crippen molar-refractivity contribution in [3.05, 3.63) is 103 Å². The number of furan rings is 2. The van der Waals surface area contributed by atoms with E-state index in [4.69, 9.17) is 8.83 Å². The zero-order valence-electron chi connectivity index (χ0n) is 19.9. The van der Waals surface area contributed by atoms with Crippen molar-refractivity contribution in [2.45, 2.75) is 13.2 Å². The molecule has 1 aliphatic rings. The Morgan fingerprint density at radius 2 is 1.19 bits per heavy atom. The van der Waals surface area contributed by atoms with Crippen LogP contribution in [0.3, 0.4) is 0 Å². The first-order valence-corrected chi connectivity index (χ1v) is 12.6. The maximum Gasteiger partial charge on any atom is 0.214 e. The van der Waals surface area contributed by atoms with Gasteiger partial charge in [0.25, 0.3) is 0 Å². The number of fused-ring (bicyclic) bond motifs is 8. The van der Waals surface area contributed by atoms with E-state index in [1.54, 1.807) is 0 Å². The van der Waals surface area contributed by atoms with Gasteiger partial charge in [0.15, 0.2) is 0 Å². The molecule has 0 saturated carbocycles. The van der Waals surface area contributed by atoms with Gasteiger partial charge in [-0.15, -0.1) is 0 Å². The number of benzene rings is 5. The van der Waals surface area contributed by atoms with Crippen LogP contribution in [-0.2, 0) is 0 Å². The SMILES string of the molecule is CCB1c2ccccc2N(c2ccc3oc4ccccc4c3c2)c2cc3c(cc21)oc1ccccc13. The van der Waals surface area contributed by atoms with Crippen LogP contribution in [0.2, 0.25) is 6.32 Å². The van der Waals surface area contributed by atoms with E-state index in [0.717, 1.165) is 55.9 Å². The molecule has 0 bridgehead atoms. The molecule has 3 heterocycles. The summed E-state index contributed by atoms with van der Waals surface area (Å²) in [5, 5.41) is 4.58. The smallest absolute Gasteiger partial charge is 0.214 e. The summed E-state index contributed by atoms with van der Waals surface area (Å²) in [6.45, 7) is 2.58. The van der Waals surface area contributed by atoms with Gasteiger partial charge in [0.1, 0.15) is 22.3 Å². The highest BCUT2D eigenvalue weighted by Crippen LogP contribution is 2.42. The van der Waals surface area contributed by atoms with E-state index in [1.165, 1.54) is 22.3 Å². The van der Waals surface area contributed by atoms with E-state index >= 15 is 0 Å². The van der Waals surface area contributed by atoms with Gasteiger partial charge in [-0.3, -0.25) is 0 Å². The topological polar surface area (TPSA) is 29.5 Å². The average Bonchev–Trinajstić information content (AvgIpc) is 3.48. The van der Waals surface area contributed by atoms with E-state index in [-0.39, 0.29) is 0 Å². The van der Waals surface area contributed by atoms with Gasteiger partial charge in [0, 0.05) is 38.6 Å². The molecular formula is C32H22BNO2. The van der Waals surface area contributed by atoms with Crippen molar-refractivity contribution in [2.24, 2.45) is 0 Å². The average molecular weight is 463 g/mol. The molecule has 0 atom stereocenters. The Kier molecular flexibility index (Phi) is 4.01. The highest BCUT2D eigenvalue weighted by Gasteiger charge is 2.33. The van der Waals surface area contributed by atoms with Gasteiger partial charge in [-0.2, -0.15) is 0 Å². The van der Waals surface area contributed by atoms with Crippen molar-refractivity contribution in [1.82, 2.24) is 0 Å². The number of anilines is 3. The van der Waals surface area contributed by atoms with Gasteiger partial charge >= 0.3 is 0 Å². The quantitative estimate of drug-likeness (QED) is 0.244. The summed E-state index contributed by atoms with van der Waals surface area (Å²) in [5.41, 5.74) is 9.93. The molecule has 0 fully saturated rings. The molecule has 0 amide bonds. The molecule has 1 aliphatic heterocycles. The first-order valence-electron chi connectivity index (χ1n) is 12.6. The Hall–Kier alpha value is -4.44. The predicted octanol–water partition coefficient (Wildman–Crippen LogP) is 7.90. The molecule has 0 unspecified atom stereocenters. The Bertz CT molecular complexity index is 1960. The van der Waals surface area contributed by atoms with Crippen LogP contribution in [0, 0.1) is 0 Å². The van der Waals surface area contributed by atoms with E-state index in [1.807, 2.05) is 18.2 Å². The fraction of sp³-hybridized carbons (Fsp3) is 0.0625. The Morgan fingerprint density at radius 3 is 1.97 bits per heavy atom. The Labute approximate surface area is 208 Å². The predicted molar refractivity (Wildman–Crippen MR) is 151 cm³/mol. The minimum absolute atomic E-state index is 0.309. The second kappa shape index (κ2) is 7.28. The fourth-order valence-corrected chi connectivity index (χ4v) is 6.10. The summed E-state index contributed by atoms with van der Waals surface area (Å²) in [6.07, 6.45) is 1.02. The van der Waals surface area contributed by atoms with Crippen LogP contribution in [-0.4, -0.2) is 6.71 Å². The molecule has 7 aromatic rings. The summed E-state index contributed by atoms with van der Waals surface area (Å²) in [6, 6.07) is 36.5. The monoisotopic (exact) mass is 463 g/mol. The molecule has 2 aromatic heterocycles. The molecule has 8 rings (SSSR count). The van der Waals surface area contributed by atoms with Crippen molar-refractivity contribution >= 4 is 78.6 Å². The third-order valence-corrected chi connectivity index (χ3v) is 7.72. The number of nitrogens with zero attached hydrogens (tertiary/aromatic N) is 1.